The van der Waals surface area contributed by atoms with Gasteiger partial charge in [0.05, 0.1) is 12.2 Å². The van der Waals surface area contributed by atoms with Crippen molar-refractivity contribution in [3.05, 3.63) is 0 Å². The lowest BCUT2D eigenvalue weighted by atomic mass is 9.44. The fraction of sp³-hybridized carbons (Fsp3) is 0.966. The van der Waals surface area contributed by atoms with Crippen molar-refractivity contribution in [1.82, 2.24) is 0 Å². The molecule has 0 spiro atoms. The molecule has 4 saturated carbocycles. The van der Waals surface area contributed by atoms with Gasteiger partial charge in [-0.05, 0) is 97.2 Å². The third-order valence-corrected chi connectivity index (χ3v) is 11.8. The maximum absolute atomic E-state index is 14.2. The van der Waals surface area contributed by atoms with E-state index in [1.807, 2.05) is 0 Å². The molecule has 4 aliphatic carbocycles. The number of Topliss-reactive ketones (excluding diaryl/α,β-unsaturated/α-hetero) is 1. The van der Waals surface area contributed by atoms with E-state index in [1.54, 1.807) is 0 Å². The molecule has 0 bridgehead atoms. The van der Waals surface area contributed by atoms with Crippen molar-refractivity contribution in [2.45, 2.75) is 118 Å². The second kappa shape index (κ2) is 9.19. The Bertz CT molecular complexity index is 724. The molecule has 3 nitrogen and oxygen atoms in total. The molecule has 190 valence electrons. The van der Waals surface area contributed by atoms with Gasteiger partial charge in [-0.25, -0.2) is 4.39 Å². The average molecular weight is 465 g/mol. The van der Waals surface area contributed by atoms with Crippen LogP contribution in [0, 0.1) is 58.2 Å². The summed E-state index contributed by atoms with van der Waals surface area (Å²) >= 11 is 0. The van der Waals surface area contributed by atoms with E-state index in [-0.39, 0.29) is 28.6 Å². The van der Waals surface area contributed by atoms with Gasteiger partial charge in [-0.2, -0.15) is 0 Å². The number of ketones is 1. The van der Waals surface area contributed by atoms with E-state index in [0.717, 1.165) is 38.5 Å². The van der Waals surface area contributed by atoms with Crippen LogP contribution in [0.2, 0.25) is 0 Å². The summed E-state index contributed by atoms with van der Waals surface area (Å²) in [5.41, 5.74) is 0.0799. The molecular formula is C29H49FO3. The minimum atomic E-state index is -0.806. The number of aliphatic hydroxyl groups excluding tert-OH is 2. The third-order valence-electron chi connectivity index (χ3n) is 11.8. The lowest BCUT2D eigenvalue weighted by Crippen LogP contribution is -2.57. The number of aliphatic hydroxyl groups is 2. The number of fused-ring (bicyclic) bond motifs is 5. The van der Waals surface area contributed by atoms with Crippen LogP contribution in [0.4, 0.5) is 4.39 Å². The minimum Gasteiger partial charge on any atom is -0.390 e. The molecule has 4 heteroatoms. The Morgan fingerprint density at radius 3 is 2.24 bits per heavy atom. The zero-order valence-electron chi connectivity index (χ0n) is 21.9. The van der Waals surface area contributed by atoms with Gasteiger partial charge in [0.25, 0.3) is 0 Å². The fourth-order valence-electron chi connectivity index (χ4n) is 9.81. The van der Waals surface area contributed by atoms with Gasteiger partial charge >= 0.3 is 0 Å². The molecule has 0 radical (unpaired) electrons. The molecule has 0 aromatic rings. The van der Waals surface area contributed by atoms with E-state index in [1.165, 1.54) is 0 Å². The van der Waals surface area contributed by atoms with Crippen molar-refractivity contribution < 1.29 is 19.4 Å². The summed E-state index contributed by atoms with van der Waals surface area (Å²) in [5.74, 6) is 2.56. The van der Waals surface area contributed by atoms with E-state index in [2.05, 4.69) is 41.5 Å². The van der Waals surface area contributed by atoms with Gasteiger partial charge in [0.1, 0.15) is 12.0 Å². The SMILES string of the molecule is CCC(C(C)C)C(O)C(O)[C@@H](C)[C@H]1CC[C@H]2[C@@H]3CC(=O)[C@H]4CC(F)CC[C@]4(C)[C@H]3CC[C@]12C. The van der Waals surface area contributed by atoms with E-state index >= 15 is 0 Å². The number of hydrogen-bond donors (Lipinski definition) is 2. The summed E-state index contributed by atoms with van der Waals surface area (Å²) in [6.07, 6.45) is 5.68. The highest BCUT2D eigenvalue weighted by atomic mass is 19.1. The molecular weight excluding hydrogens is 415 g/mol. The Balaban J connectivity index is 1.54. The van der Waals surface area contributed by atoms with Crippen LogP contribution in [0.1, 0.15) is 99.3 Å². The molecule has 4 fully saturated rings. The Morgan fingerprint density at radius 2 is 1.61 bits per heavy atom. The van der Waals surface area contributed by atoms with Crippen LogP contribution in [0.5, 0.6) is 0 Å². The molecule has 0 aliphatic heterocycles. The topological polar surface area (TPSA) is 57.5 Å². The van der Waals surface area contributed by atoms with Crippen molar-refractivity contribution in [1.29, 1.82) is 0 Å². The second-order valence-electron chi connectivity index (χ2n) is 13.4. The maximum Gasteiger partial charge on any atom is 0.136 e. The third kappa shape index (κ3) is 4.03. The first-order valence-electron chi connectivity index (χ1n) is 14.0. The van der Waals surface area contributed by atoms with Crippen LogP contribution in [-0.4, -0.2) is 34.4 Å². The maximum atomic E-state index is 14.2. The molecule has 0 saturated heterocycles. The van der Waals surface area contributed by atoms with E-state index < -0.39 is 18.4 Å². The quantitative estimate of drug-likeness (QED) is 0.492. The lowest BCUT2D eigenvalue weighted by Gasteiger charge is -2.60. The van der Waals surface area contributed by atoms with Crippen LogP contribution < -0.4 is 0 Å². The average Bonchev–Trinajstić information content (AvgIpc) is 3.11. The van der Waals surface area contributed by atoms with Crippen molar-refractivity contribution >= 4 is 5.78 Å². The predicted molar refractivity (Wildman–Crippen MR) is 130 cm³/mol. The number of halogens is 1. The zero-order chi connectivity index (χ0) is 24.3. The summed E-state index contributed by atoms with van der Waals surface area (Å²) in [5, 5.41) is 22.3. The minimum absolute atomic E-state index is 0.0328. The first kappa shape index (κ1) is 25.6. The Labute approximate surface area is 201 Å². The molecule has 4 rings (SSSR count). The lowest BCUT2D eigenvalue weighted by molar-refractivity contribution is -0.159. The van der Waals surface area contributed by atoms with Crippen LogP contribution in [-0.2, 0) is 4.79 Å². The van der Waals surface area contributed by atoms with Gasteiger partial charge in [-0.15, -0.1) is 0 Å². The predicted octanol–water partition coefficient (Wildman–Crippen LogP) is 6.20. The molecule has 2 N–H and O–H groups in total. The standard InChI is InChI=1S/C29H49FO3/c1-7-19(16(2)3)27(33)26(32)17(4)21-8-9-22-20-15-25(31)24-14-18(30)10-12-29(24,6)23(20)11-13-28(21,22)5/h16-24,26-27,32-33H,7-15H2,1-6H3/t17-,18?,19?,20-,21+,22-,23-,24+,26?,27?,28+,29+/m0/s1. The monoisotopic (exact) mass is 464 g/mol. The summed E-state index contributed by atoms with van der Waals surface area (Å²) in [7, 11) is 0. The van der Waals surface area contributed by atoms with Gasteiger partial charge in [0.15, 0.2) is 0 Å². The molecule has 0 amide bonds. The highest BCUT2D eigenvalue weighted by molar-refractivity contribution is 5.83. The van der Waals surface area contributed by atoms with Crippen LogP contribution in [0.25, 0.3) is 0 Å². The second-order valence-corrected chi connectivity index (χ2v) is 13.4. The van der Waals surface area contributed by atoms with Gasteiger partial charge in [0.2, 0.25) is 0 Å². The summed E-state index contributed by atoms with van der Waals surface area (Å²) in [6, 6.07) is 0. The van der Waals surface area contributed by atoms with Crippen LogP contribution in [0.3, 0.4) is 0 Å². The molecule has 0 aromatic heterocycles. The largest absolute Gasteiger partial charge is 0.390 e. The molecule has 33 heavy (non-hydrogen) atoms. The highest BCUT2D eigenvalue weighted by Crippen LogP contribution is 2.68. The highest BCUT2D eigenvalue weighted by Gasteiger charge is 2.63. The van der Waals surface area contributed by atoms with Gasteiger partial charge in [0, 0.05) is 12.3 Å². The van der Waals surface area contributed by atoms with Crippen molar-refractivity contribution in [3.8, 4) is 0 Å². The molecule has 4 aliphatic rings. The molecule has 12 atom stereocenters. The van der Waals surface area contributed by atoms with E-state index in [9.17, 15) is 19.4 Å². The smallest absolute Gasteiger partial charge is 0.136 e. The molecule has 0 aromatic carbocycles. The number of alkyl halides is 1. The van der Waals surface area contributed by atoms with Crippen LogP contribution >= 0.6 is 0 Å². The van der Waals surface area contributed by atoms with E-state index in [4.69, 9.17) is 0 Å². The number of carbonyl (C=O) groups is 1. The van der Waals surface area contributed by atoms with Crippen molar-refractivity contribution in [2.75, 3.05) is 0 Å². The molecule has 4 unspecified atom stereocenters. The number of rotatable bonds is 6. The summed E-state index contributed by atoms with van der Waals surface area (Å²) < 4.78 is 14.2. The van der Waals surface area contributed by atoms with Crippen molar-refractivity contribution in [3.63, 3.8) is 0 Å². The number of hydrogen-bond acceptors (Lipinski definition) is 3. The summed E-state index contributed by atoms with van der Waals surface area (Å²) in [6.45, 7) is 13.2. The normalized spacial score (nSPS) is 46.8. The zero-order valence-corrected chi connectivity index (χ0v) is 21.9. The summed E-state index contributed by atoms with van der Waals surface area (Å²) in [4.78, 5) is 13.3. The van der Waals surface area contributed by atoms with Gasteiger partial charge in [-0.3, -0.25) is 4.79 Å². The fourth-order valence-corrected chi connectivity index (χ4v) is 9.81. The van der Waals surface area contributed by atoms with Gasteiger partial charge in [-0.1, -0.05) is 48.0 Å². The number of carbonyl (C=O) groups excluding carboxylic acids is 1. The Morgan fingerprint density at radius 1 is 0.970 bits per heavy atom. The van der Waals surface area contributed by atoms with Crippen LogP contribution in [0.15, 0.2) is 0 Å². The first-order chi connectivity index (χ1) is 15.5. The Kier molecular flexibility index (Phi) is 7.13. The first-order valence-corrected chi connectivity index (χ1v) is 14.0. The van der Waals surface area contributed by atoms with E-state index in [0.29, 0.717) is 54.6 Å². The van der Waals surface area contributed by atoms with Crippen molar-refractivity contribution in [2.24, 2.45) is 58.2 Å². The Hall–Kier alpha value is -0.480. The van der Waals surface area contributed by atoms with Gasteiger partial charge < -0.3 is 10.2 Å². The molecule has 0 heterocycles.